The van der Waals surface area contributed by atoms with Crippen LogP contribution in [0.2, 0.25) is 0 Å². The highest BCUT2D eigenvalue weighted by Crippen LogP contribution is 2.25. The van der Waals surface area contributed by atoms with E-state index in [1.165, 1.54) is 6.42 Å². The molecule has 1 aromatic carbocycles. The number of piperidine rings is 1. The third-order valence-electron chi connectivity index (χ3n) is 4.63. The first-order valence-electron chi connectivity index (χ1n) is 8.24. The molecule has 3 rings (SSSR count). The van der Waals surface area contributed by atoms with Crippen LogP contribution in [0.4, 0.5) is 5.69 Å². The second kappa shape index (κ2) is 6.11. The van der Waals surface area contributed by atoms with E-state index in [4.69, 9.17) is 0 Å². The van der Waals surface area contributed by atoms with Gasteiger partial charge in [-0.05, 0) is 42.9 Å². The minimum absolute atomic E-state index is 0.0897. The van der Waals surface area contributed by atoms with Crippen molar-refractivity contribution in [1.29, 1.82) is 0 Å². The van der Waals surface area contributed by atoms with Gasteiger partial charge < -0.3 is 9.80 Å². The average molecular weight is 300 g/mol. The first kappa shape index (κ1) is 15.1. The Hall–Kier alpha value is -1.84. The van der Waals surface area contributed by atoms with Crippen molar-refractivity contribution in [3.8, 4) is 0 Å². The molecule has 2 aliphatic heterocycles. The van der Waals surface area contributed by atoms with Crippen molar-refractivity contribution in [2.75, 3.05) is 24.5 Å². The summed E-state index contributed by atoms with van der Waals surface area (Å²) in [4.78, 5) is 28.4. The van der Waals surface area contributed by atoms with Crippen LogP contribution in [0, 0.1) is 11.8 Å². The summed E-state index contributed by atoms with van der Waals surface area (Å²) in [5.74, 6) is 1.35. The number of nitrogens with zero attached hydrogens (tertiary/aromatic N) is 2. The maximum absolute atomic E-state index is 12.8. The highest BCUT2D eigenvalue weighted by atomic mass is 16.2. The second-order valence-electron chi connectivity index (χ2n) is 6.86. The van der Waals surface area contributed by atoms with Gasteiger partial charge in [0.1, 0.15) is 0 Å². The number of rotatable bonds is 2. The van der Waals surface area contributed by atoms with E-state index < -0.39 is 0 Å². The number of anilines is 1. The van der Waals surface area contributed by atoms with Crippen LogP contribution in [-0.2, 0) is 4.79 Å². The highest BCUT2D eigenvalue weighted by molar-refractivity contribution is 5.99. The number of amides is 2. The Morgan fingerprint density at radius 2 is 1.91 bits per heavy atom. The molecule has 4 nitrogen and oxygen atoms in total. The molecule has 4 heteroatoms. The minimum atomic E-state index is 0.0897. The normalized spacial score (nSPS) is 25.6. The highest BCUT2D eigenvalue weighted by Gasteiger charge is 2.27. The van der Waals surface area contributed by atoms with E-state index in [-0.39, 0.29) is 11.8 Å². The van der Waals surface area contributed by atoms with Crippen LogP contribution < -0.4 is 4.90 Å². The molecular formula is C18H24N2O2. The van der Waals surface area contributed by atoms with Gasteiger partial charge in [0.05, 0.1) is 0 Å². The Labute approximate surface area is 132 Å². The number of carbonyl (C=O) groups excluding carboxylic acids is 2. The molecule has 2 amide bonds. The Kier molecular flexibility index (Phi) is 4.19. The molecule has 2 unspecified atom stereocenters. The van der Waals surface area contributed by atoms with Crippen LogP contribution in [0.1, 0.15) is 43.5 Å². The van der Waals surface area contributed by atoms with Crippen molar-refractivity contribution in [2.24, 2.45) is 11.8 Å². The molecule has 0 N–H and O–H groups in total. The summed E-state index contributed by atoms with van der Waals surface area (Å²) in [6.07, 6.45) is 2.70. The molecule has 2 atom stereocenters. The SMILES string of the molecule is CC1CC(C)CN(C(=O)c2cccc(N3CCCC3=O)c2)C1. The maximum Gasteiger partial charge on any atom is 0.253 e. The van der Waals surface area contributed by atoms with Crippen molar-refractivity contribution in [1.82, 2.24) is 4.90 Å². The Balaban J connectivity index is 1.79. The van der Waals surface area contributed by atoms with E-state index in [2.05, 4.69) is 13.8 Å². The fourth-order valence-electron chi connectivity index (χ4n) is 3.74. The lowest BCUT2D eigenvalue weighted by molar-refractivity contribution is -0.117. The van der Waals surface area contributed by atoms with Crippen molar-refractivity contribution in [3.63, 3.8) is 0 Å². The van der Waals surface area contributed by atoms with Crippen molar-refractivity contribution in [3.05, 3.63) is 29.8 Å². The molecule has 1 aromatic rings. The summed E-state index contributed by atoms with van der Waals surface area (Å²) in [6, 6.07) is 7.53. The van der Waals surface area contributed by atoms with Gasteiger partial charge in [0.25, 0.3) is 5.91 Å². The molecule has 22 heavy (non-hydrogen) atoms. The first-order chi connectivity index (χ1) is 10.5. The third kappa shape index (κ3) is 3.01. The monoisotopic (exact) mass is 300 g/mol. The zero-order valence-electron chi connectivity index (χ0n) is 13.4. The third-order valence-corrected chi connectivity index (χ3v) is 4.63. The van der Waals surface area contributed by atoms with Crippen LogP contribution in [0.5, 0.6) is 0 Å². The van der Waals surface area contributed by atoms with Crippen LogP contribution in [-0.4, -0.2) is 36.3 Å². The van der Waals surface area contributed by atoms with Crippen molar-refractivity contribution in [2.45, 2.75) is 33.1 Å². The van der Waals surface area contributed by atoms with Crippen molar-refractivity contribution >= 4 is 17.5 Å². The number of carbonyl (C=O) groups is 2. The quantitative estimate of drug-likeness (QED) is 0.842. The fraction of sp³-hybridized carbons (Fsp3) is 0.556. The predicted octanol–water partition coefficient (Wildman–Crippen LogP) is 2.93. The molecule has 0 aliphatic carbocycles. The molecule has 2 fully saturated rings. The predicted molar refractivity (Wildman–Crippen MR) is 86.9 cm³/mol. The van der Waals surface area contributed by atoms with Crippen LogP contribution in [0.3, 0.4) is 0 Å². The summed E-state index contributed by atoms with van der Waals surface area (Å²) >= 11 is 0. The van der Waals surface area contributed by atoms with Gasteiger partial charge in [0.15, 0.2) is 0 Å². The smallest absolute Gasteiger partial charge is 0.253 e. The van der Waals surface area contributed by atoms with Gasteiger partial charge in [0.2, 0.25) is 5.91 Å². The van der Waals surface area contributed by atoms with E-state index in [1.54, 1.807) is 4.90 Å². The van der Waals surface area contributed by atoms with Crippen molar-refractivity contribution < 1.29 is 9.59 Å². The Bertz CT molecular complexity index is 574. The zero-order valence-corrected chi connectivity index (χ0v) is 13.4. The largest absolute Gasteiger partial charge is 0.338 e. The molecule has 2 heterocycles. The first-order valence-corrected chi connectivity index (χ1v) is 8.24. The number of hydrogen-bond donors (Lipinski definition) is 0. The zero-order chi connectivity index (χ0) is 15.7. The van der Waals surface area contributed by atoms with Gasteiger partial charge in [-0.3, -0.25) is 9.59 Å². The molecule has 0 spiro atoms. The molecule has 2 aliphatic rings. The molecule has 0 saturated carbocycles. The van der Waals surface area contributed by atoms with E-state index in [0.717, 1.165) is 31.7 Å². The van der Waals surface area contributed by atoms with Crippen LogP contribution in [0.25, 0.3) is 0 Å². The molecular weight excluding hydrogens is 276 g/mol. The van der Waals surface area contributed by atoms with Gasteiger partial charge in [-0.15, -0.1) is 0 Å². The van der Waals surface area contributed by atoms with E-state index in [9.17, 15) is 9.59 Å². The summed E-state index contributed by atoms with van der Waals surface area (Å²) in [6.45, 7) is 6.82. The van der Waals surface area contributed by atoms with Gasteiger partial charge in [-0.1, -0.05) is 19.9 Å². The number of benzene rings is 1. The summed E-state index contributed by atoms with van der Waals surface area (Å²) in [5, 5.41) is 0. The van der Waals surface area contributed by atoms with Crippen LogP contribution in [0.15, 0.2) is 24.3 Å². The Morgan fingerprint density at radius 1 is 1.18 bits per heavy atom. The van der Waals surface area contributed by atoms with E-state index in [1.807, 2.05) is 29.2 Å². The fourth-order valence-corrected chi connectivity index (χ4v) is 3.74. The van der Waals surface area contributed by atoms with E-state index in [0.29, 0.717) is 23.8 Å². The van der Waals surface area contributed by atoms with Gasteiger partial charge in [-0.25, -0.2) is 0 Å². The lowest BCUT2D eigenvalue weighted by Crippen LogP contribution is -2.42. The molecule has 2 saturated heterocycles. The molecule has 118 valence electrons. The molecule has 0 bridgehead atoms. The van der Waals surface area contributed by atoms with E-state index >= 15 is 0 Å². The molecule has 0 radical (unpaired) electrons. The summed E-state index contributed by atoms with van der Waals surface area (Å²) < 4.78 is 0. The van der Waals surface area contributed by atoms with Crippen LogP contribution >= 0.6 is 0 Å². The van der Waals surface area contributed by atoms with Gasteiger partial charge in [0, 0.05) is 37.3 Å². The number of likely N-dealkylation sites (tertiary alicyclic amines) is 1. The standard InChI is InChI=1S/C18H24N2O2/c1-13-9-14(2)12-19(11-13)18(22)15-5-3-6-16(10-15)20-8-4-7-17(20)21/h3,5-6,10,13-14H,4,7-9,11-12H2,1-2H3. The Morgan fingerprint density at radius 3 is 2.55 bits per heavy atom. The molecule has 0 aromatic heterocycles. The average Bonchev–Trinajstić information content (AvgIpc) is 2.92. The topological polar surface area (TPSA) is 40.6 Å². The second-order valence-corrected chi connectivity index (χ2v) is 6.86. The lowest BCUT2D eigenvalue weighted by atomic mass is 9.91. The summed E-state index contributed by atoms with van der Waals surface area (Å²) in [5.41, 5.74) is 1.55. The minimum Gasteiger partial charge on any atom is -0.338 e. The van der Waals surface area contributed by atoms with Gasteiger partial charge in [-0.2, -0.15) is 0 Å². The van der Waals surface area contributed by atoms with Gasteiger partial charge >= 0.3 is 0 Å². The lowest BCUT2D eigenvalue weighted by Gasteiger charge is -2.35. The summed E-state index contributed by atoms with van der Waals surface area (Å²) in [7, 11) is 0. The maximum atomic E-state index is 12.8. The number of hydrogen-bond acceptors (Lipinski definition) is 2.